The molecule has 1 atom stereocenters. The predicted octanol–water partition coefficient (Wildman–Crippen LogP) is 3.95. The number of hydrogen-bond donors (Lipinski definition) is 1. The van der Waals surface area contributed by atoms with Crippen LogP contribution in [0.5, 0.6) is 0 Å². The summed E-state index contributed by atoms with van der Waals surface area (Å²) in [6.45, 7) is 1.94. The third-order valence-electron chi connectivity index (χ3n) is 3.75. The van der Waals surface area contributed by atoms with Gasteiger partial charge in [0.15, 0.2) is 0 Å². The summed E-state index contributed by atoms with van der Waals surface area (Å²) in [4.78, 5) is 12.2. The minimum Gasteiger partial charge on any atom is -0.349 e. The average Bonchev–Trinajstić information content (AvgIpc) is 3.04. The number of aromatic nitrogens is 2. The quantitative estimate of drug-likeness (QED) is 0.765. The third kappa shape index (κ3) is 4.03. The van der Waals surface area contributed by atoms with E-state index < -0.39 is 0 Å². The first-order chi connectivity index (χ1) is 11.6. The summed E-state index contributed by atoms with van der Waals surface area (Å²) >= 11 is 5.99. The summed E-state index contributed by atoms with van der Waals surface area (Å²) in [5.74, 6) is -0.0462. The number of halogens is 1. The first kappa shape index (κ1) is 16.3. The van der Waals surface area contributed by atoms with Gasteiger partial charge in [-0.1, -0.05) is 41.9 Å². The van der Waals surface area contributed by atoms with Gasteiger partial charge in [0.05, 0.1) is 24.3 Å². The van der Waals surface area contributed by atoms with E-state index in [-0.39, 0.29) is 18.4 Å². The lowest BCUT2D eigenvalue weighted by molar-refractivity contribution is -0.121. The molecule has 1 amide bonds. The average molecular weight is 340 g/mol. The van der Waals surface area contributed by atoms with Gasteiger partial charge >= 0.3 is 0 Å². The van der Waals surface area contributed by atoms with Crippen molar-refractivity contribution in [2.45, 2.75) is 19.4 Å². The van der Waals surface area contributed by atoms with E-state index in [4.69, 9.17) is 11.6 Å². The van der Waals surface area contributed by atoms with Crippen LogP contribution >= 0.6 is 11.6 Å². The molecule has 1 heterocycles. The maximum atomic E-state index is 12.2. The molecule has 0 saturated carbocycles. The van der Waals surface area contributed by atoms with Crippen LogP contribution in [0.1, 0.15) is 24.1 Å². The van der Waals surface area contributed by atoms with Crippen LogP contribution in [0.2, 0.25) is 5.02 Å². The van der Waals surface area contributed by atoms with Crippen molar-refractivity contribution in [2.75, 3.05) is 0 Å². The molecule has 0 bridgehead atoms. The Balaban J connectivity index is 1.62. The molecule has 0 spiro atoms. The summed E-state index contributed by atoms with van der Waals surface area (Å²) in [6, 6.07) is 17.2. The van der Waals surface area contributed by atoms with E-state index >= 15 is 0 Å². The molecular formula is C19H18ClN3O. The number of nitrogens with zero attached hydrogens (tertiary/aromatic N) is 2. The molecule has 0 fully saturated rings. The van der Waals surface area contributed by atoms with Crippen LogP contribution in [0.3, 0.4) is 0 Å². The number of nitrogens with one attached hydrogen (secondary N) is 1. The van der Waals surface area contributed by atoms with Gasteiger partial charge in [-0.15, -0.1) is 0 Å². The van der Waals surface area contributed by atoms with Crippen molar-refractivity contribution < 1.29 is 4.79 Å². The molecule has 1 aromatic heterocycles. The van der Waals surface area contributed by atoms with Crippen LogP contribution < -0.4 is 5.32 Å². The highest BCUT2D eigenvalue weighted by Crippen LogP contribution is 2.17. The monoisotopic (exact) mass is 339 g/mol. The second-order valence-electron chi connectivity index (χ2n) is 5.65. The SMILES string of the molecule is CC(NC(=O)Cc1cnn(-c2ccccc2)c1)c1cccc(Cl)c1. The van der Waals surface area contributed by atoms with E-state index in [1.54, 1.807) is 10.9 Å². The zero-order chi connectivity index (χ0) is 16.9. The van der Waals surface area contributed by atoms with Gasteiger partial charge < -0.3 is 5.32 Å². The summed E-state index contributed by atoms with van der Waals surface area (Å²) in [5, 5.41) is 7.96. The zero-order valence-electron chi connectivity index (χ0n) is 13.3. The summed E-state index contributed by atoms with van der Waals surface area (Å²) in [6.07, 6.45) is 3.88. The molecule has 0 aliphatic rings. The van der Waals surface area contributed by atoms with Crippen LogP contribution in [-0.2, 0) is 11.2 Å². The molecule has 0 radical (unpaired) electrons. The van der Waals surface area contributed by atoms with Gasteiger partial charge in [-0.3, -0.25) is 4.79 Å². The first-order valence-corrected chi connectivity index (χ1v) is 8.13. The molecule has 0 saturated heterocycles. The van der Waals surface area contributed by atoms with E-state index in [0.717, 1.165) is 16.8 Å². The summed E-state index contributed by atoms with van der Waals surface area (Å²) in [7, 11) is 0. The standard InChI is InChI=1S/C19H18ClN3O/c1-14(16-6-5-7-17(20)11-16)22-19(24)10-15-12-21-23(13-15)18-8-3-2-4-9-18/h2-9,11-14H,10H2,1H3,(H,22,24). The Labute approximate surface area is 146 Å². The van der Waals surface area contributed by atoms with E-state index in [1.807, 2.05) is 67.7 Å². The number of carbonyl (C=O) groups excluding carboxylic acids is 1. The topological polar surface area (TPSA) is 46.9 Å². The maximum absolute atomic E-state index is 12.2. The predicted molar refractivity (Wildman–Crippen MR) is 95.3 cm³/mol. The molecule has 2 aromatic carbocycles. The lowest BCUT2D eigenvalue weighted by Gasteiger charge is -2.14. The fourth-order valence-electron chi connectivity index (χ4n) is 2.51. The minimum atomic E-state index is -0.0969. The van der Waals surface area contributed by atoms with Crippen LogP contribution in [0.15, 0.2) is 67.0 Å². The van der Waals surface area contributed by atoms with E-state index in [1.165, 1.54) is 0 Å². The lowest BCUT2D eigenvalue weighted by Crippen LogP contribution is -2.28. The number of carbonyl (C=O) groups is 1. The van der Waals surface area contributed by atoms with Gasteiger partial charge in [-0.25, -0.2) is 4.68 Å². The highest BCUT2D eigenvalue weighted by molar-refractivity contribution is 6.30. The molecule has 3 aromatic rings. The smallest absolute Gasteiger partial charge is 0.225 e. The van der Waals surface area contributed by atoms with E-state index in [9.17, 15) is 4.79 Å². The second-order valence-corrected chi connectivity index (χ2v) is 6.09. The van der Waals surface area contributed by atoms with Gasteiger partial charge in [-0.05, 0) is 42.3 Å². The van der Waals surface area contributed by atoms with Crippen LogP contribution in [-0.4, -0.2) is 15.7 Å². The highest BCUT2D eigenvalue weighted by atomic mass is 35.5. The van der Waals surface area contributed by atoms with Crippen LogP contribution in [0, 0.1) is 0 Å². The zero-order valence-corrected chi connectivity index (χ0v) is 14.1. The maximum Gasteiger partial charge on any atom is 0.225 e. The highest BCUT2D eigenvalue weighted by Gasteiger charge is 2.11. The lowest BCUT2D eigenvalue weighted by atomic mass is 10.1. The van der Waals surface area contributed by atoms with Crippen molar-refractivity contribution in [3.63, 3.8) is 0 Å². The van der Waals surface area contributed by atoms with Gasteiger partial charge in [-0.2, -0.15) is 5.10 Å². The fourth-order valence-corrected chi connectivity index (χ4v) is 2.71. The molecular weight excluding hydrogens is 322 g/mol. The molecule has 1 N–H and O–H groups in total. The van der Waals surface area contributed by atoms with Crippen molar-refractivity contribution in [2.24, 2.45) is 0 Å². The normalized spacial score (nSPS) is 11.9. The molecule has 4 nitrogen and oxygen atoms in total. The van der Waals surface area contributed by atoms with Crippen molar-refractivity contribution in [1.29, 1.82) is 0 Å². The Bertz CT molecular complexity index is 829. The Morgan fingerprint density at radius 3 is 2.75 bits per heavy atom. The Hall–Kier alpha value is -2.59. The second kappa shape index (κ2) is 7.32. The number of rotatable bonds is 5. The van der Waals surface area contributed by atoms with Gasteiger partial charge in [0, 0.05) is 11.2 Å². The molecule has 24 heavy (non-hydrogen) atoms. The molecule has 3 rings (SSSR count). The van der Waals surface area contributed by atoms with Crippen molar-refractivity contribution in [3.05, 3.63) is 83.1 Å². The molecule has 1 unspecified atom stereocenters. The van der Waals surface area contributed by atoms with Crippen LogP contribution in [0.4, 0.5) is 0 Å². The number of amides is 1. The largest absolute Gasteiger partial charge is 0.349 e. The van der Waals surface area contributed by atoms with Gasteiger partial charge in [0.2, 0.25) is 5.91 Å². The van der Waals surface area contributed by atoms with Crippen LogP contribution in [0.25, 0.3) is 5.69 Å². The van der Waals surface area contributed by atoms with Gasteiger partial charge in [0.25, 0.3) is 0 Å². The summed E-state index contributed by atoms with van der Waals surface area (Å²) < 4.78 is 1.77. The fraction of sp³-hybridized carbons (Fsp3) is 0.158. The Morgan fingerprint density at radius 2 is 2.00 bits per heavy atom. The van der Waals surface area contributed by atoms with Crippen molar-refractivity contribution in [3.8, 4) is 5.69 Å². The Kier molecular flexibility index (Phi) is 4.96. The van der Waals surface area contributed by atoms with E-state index in [0.29, 0.717) is 5.02 Å². The molecule has 5 heteroatoms. The number of para-hydroxylation sites is 1. The van der Waals surface area contributed by atoms with Gasteiger partial charge in [0.1, 0.15) is 0 Å². The molecule has 0 aliphatic heterocycles. The van der Waals surface area contributed by atoms with E-state index in [2.05, 4.69) is 10.4 Å². The summed E-state index contributed by atoms with van der Waals surface area (Å²) in [5.41, 5.74) is 2.82. The number of benzene rings is 2. The Morgan fingerprint density at radius 1 is 1.21 bits per heavy atom. The first-order valence-electron chi connectivity index (χ1n) is 7.75. The number of hydrogen-bond acceptors (Lipinski definition) is 2. The minimum absolute atomic E-state index is 0.0462. The molecule has 0 aliphatic carbocycles. The van der Waals surface area contributed by atoms with Crippen molar-refractivity contribution in [1.82, 2.24) is 15.1 Å². The molecule has 122 valence electrons. The third-order valence-corrected chi connectivity index (χ3v) is 3.98. The van der Waals surface area contributed by atoms with Crippen molar-refractivity contribution >= 4 is 17.5 Å².